The first-order valence-electron chi connectivity index (χ1n) is 7.47. The Bertz CT molecular complexity index is 544. The van der Waals surface area contributed by atoms with Crippen LogP contribution in [0.1, 0.15) is 38.2 Å². The molecule has 0 radical (unpaired) electrons. The van der Waals surface area contributed by atoms with E-state index in [0.29, 0.717) is 11.5 Å². The Morgan fingerprint density at radius 1 is 1.26 bits per heavy atom. The Labute approximate surface area is 141 Å². The van der Waals surface area contributed by atoms with Gasteiger partial charge in [0.1, 0.15) is 5.75 Å². The fourth-order valence-electron chi connectivity index (χ4n) is 1.82. The number of hydrogen-bond donors (Lipinski definition) is 3. The second-order valence-corrected chi connectivity index (χ2v) is 5.41. The van der Waals surface area contributed by atoms with E-state index in [1.54, 1.807) is 24.3 Å². The summed E-state index contributed by atoms with van der Waals surface area (Å²) in [5, 5.41) is 17.0. The Morgan fingerprint density at radius 2 is 1.96 bits per heavy atom. The van der Waals surface area contributed by atoms with E-state index in [2.05, 4.69) is 20.6 Å². The molecule has 0 saturated heterocycles. The van der Waals surface area contributed by atoms with Crippen LogP contribution in [0.2, 0.25) is 0 Å². The van der Waals surface area contributed by atoms with Gasteiger partial charge < -0.3 is 15.2 Å². The van der Waals surface area contributed by atoms with E-state index in [1.807, 2.05) is 6.92 Å². The molecule has 0 heterocycles. The topological polar surface area (TPSA) is 83.0 Å². The summed E-state index contributed by atoms with van der Waals surface area (Å²) in [6.45, 7) is 2.58. The molecule has 0 aliphatic carbocycles. The third kappa shape index (κ3) is 8.15. The number of phenols is 1. The van der Waals surface area contributed by atoms with Crippen molar-refractivity contribution in [2.45, 2.75) is 32.6 Å². The molecule has 3 N–H and O–H groups in total. The molecule has 0 atom stereocenters. The predicted molar refractivity (Wildman–Crippen MR) is 94.5 cm³/mol. The summed E-state index contributed by atoms with van der Waals surface area (Å²) >= 11 is 5.14. The maximum absolute atomic E-state index is 10.9. The van der Waals surface area contributed by atoms with Gasteiger partial charge >= 0.3 is 5.97 Å². The number of hydrogen-bond acceptors (Lipinski definition) is 5. The fraction of sp³-hybridized carbons (Fsp3) is 0.438. The SMILES string of the molecule is COC(=O)CCCCCNC(=S)N/N=C(\C)c1ccc(O)cc1. The third-order valence-corrected chi connectivity index (χ3v) is 3.42. The van der Waals surface area contributed by atoms with Crippen molar-refractivity contribution in [3.05, 3.63) is 29.8 Å². The summed E-state index contributed by atoms with van der Waals surface area (Å²) in [6, 6.07) is 6.79. The molecule has 0 unspecified atom stereocenters. The zero-order valence-electron chi connectivity index (χ0n) is 13.5. The lowest BCUT2D eigenvalue weighted by atomic mass is 10.1. The summed E-state index contributed by atoms with van der Waals surface area (Å²) < 4.78 is 4.58. The molecule has 7 heteroatoms. The lowest BCUT2D eigenvalue weighted by Crippen LogP contribution is -2.33. The zero-order valence-corrected chi connectivity index (χ0v) is 14.3. The van der Waals surface area contributed by atoms with Crippen molar-refractivity contribution >= 4 is 29.0 Å². The monoisotopic (exact) mass is 337 g/mol. The van der Waals surface area contributed by atoms with Gasteiger partial charge in [-0.2, -0.15) is 5.10 Å². The van der Waals surface area contributed by atoms with E-state index >= 15 is 0 Å². The highest BCUT2D eigenvalue weighted by molar-refractivity contribution is 7.80. The minimum Gasteiger partial charge on any atom is -0.508 e. The van der Waals surface area contributed by atoms with Crippen molar-refractivity contribution in [2.75, 3.05) is 13.7 Å². The molecule has 0 saturated carbocycles. The maximum atomic E-state index is 10.9. The van der Waals surface area contributed by atoms with Crippen molar-refractivity contribution < 1.29 is 14.6 Å². The van der Waals surface area contributed by atoms with Crippen molar-refractivity contribution in [2.24, 2.45) is 5.10 Å². The number of benzene rings is 1. The van der Waals surface area contributed by atoms with Gasteiger partial charge in [-0.15, -0.1) is 0 Å². The molecule has 0 aliphatic rings. The Morgan fingerprint density at radius 3 is 2.61 bits per heavy atom. The van der Waals surface area contributed by atoms with Crippen LogP contribution in [-0.4, -0.2) is 35.6 Å². The number of unbranched alkanes of at least 4 members (excludes halogenated alkanes) is 2. The van der Waals surface area contributed by atoms with Crippen molar-refractivity contribution in [1.29, 1.82) is 0 Å². The third-order valence-electron chi connectivity index (χ3n) is 3.18. The van der Waals surface area contributed by atoms with Gasteiger partial charge in [0.05, 0.1) is 12.8 Å². The maximum Gasteiger partial charge on any atom is 0.305 e. The molecule has 1 aromatic carbocycles. The summed E-state index contributed by atoms with van der Waals surface area (Å²) in [4.78, 5) is 10.9. The van der Waals surface area contributed by atoms with E-state index in [-0.39, 0.29) is 11.7 Å². The quantitative estimate of drug-likeness (QED) is 0.222. The van der Waals surface area contributed by atoms with Crippen LogP contribution in [0.25, 0.3) is 0 Å². The number of phenolic OH excluding ortho intramolecular Hbond substituents is 1. The molecule has 1 rings (SSSR count). The number of nitrogens with one attached hydrogen (secondary N) is 2. The second-order valence-electron chi connectivity index (χ2n) is 5.00. The minimum atomic E-state index is -0.172. The van der Waals surface area contributed by atoms with Gasteiger partial charge in [0, 0.05) is 13.0 Å². The largest absolute Gasteiger partial charge is 0.508 e. The van der Waals surface area contributed by atoms with Crippen LogP contribution in [0.3, 0.4) is 0 Å². The van der Waals surface area contributed by atoms with Gasteiger partial charge in [0.15, 0.2) is 5.11 Å². The van der Waals surface area contributed by atoms with Crippen LogP contribution in [-0.2, 0) is 9.53 Å². The van der Waals surface area contributed by atoms with Crippen molar-refractivity contribution in [1.82, 2.24) is 10.7 Å². The van der Waals surface area contributed by atoms with Gasteiger partial charge in [0.2, 0.25) is 0 Å². The normalized spacial score (nSPS) is 11.0. The van der Waals surface area contributed by atoms with Gasteiger partial charge in [-0.25, -0.2) is 0 Å². The van der Waals surface area contributed by atoms with E-state index < -0.39 is 0 Å². The molecule has 0 spiro atoms. The van der Waals surface area contributed by atoms with Crippen LogP contribution in [0.4, 0.5) is 0 Å². The van der Waals surface area contributed by atoms with Crippen LogP contribution in [0, 0.1) is 0 Å². The number of esters is 1. The minimum absolute atomic E-state index is 0.172. The van der Waals surface area contributed by atoms with Crippen LogP contribution >= 0.6 is 12.2 Å². The average molecular weight is 337 g/mol. The molecule has 23 heavy (non-hydrogen) atoms. The Balaban J connectivity index is 2.20. The number of thiocarbonyl (C=S) groups is 1. The van der Waals surface area contributed by atoms with E-state index in [1.165, 1.54) is 7.11 Å². The Hall–Kier alpha value is -2.15. The first kappa shape index (κ1) is 18.9. The lowest BCUT2D eigenvalue weighted by Gasteiger charge is -2.08. The van der Waals surface area contributed by atoms with Crippen LogP contribution in [0.15, 0.2) is 29.4 Å². The molecule has 0 bridgehead atoms. The number of aromatic hydroxyl groups is 1. The average Bonchev–Trinajstić information content (AvgIpc) is 2.56. The first-order chi connectivity index (χ1) is 11.0. The molecule has 126 valence electrons. The zero-order chi connectivity index (χ0) is 17.1. The van der Waals surface area contributed by atoms with Crippen molar-refractivity contribution in [3.8, 4) is 5.75 Å². The van der Waals surface area contributed by atoms with Gasteiger partial charge in [-0.3, -0.25) is 10.2 Å². The van der Waals surface area contributed by atoms with Crippen LogP contribution < -0.4 is 10.7 Å². The van der Waals surface area contributed by atoms with Gasteiger partial charge in [-0.1, -0.05) is 6.42 Å². The molecule has 0 amide bonds. The van der Waals surface area contributed by atoms with Crippen molar-refractivity contribution in [3.63, 3.8) is 0 Å². The summed E-state index contributed by atoms with van der Waals surface area (Å²) in [5.41, 5.74) is 4.46. The molecule has 6 nitrogen and oxygen atoms in total. The number of rotatable bonds is 8. The number of ether oxygens (including phenoxy) is 1. The van der Waals surface area contributed by atoms with E-state index in [9.17, 15) is 9.90 Å². The summed E-state index contributed by atoms with van der Waals surface area (Å²) in [6.07, 6.45) is 3.11. The molecule has 0 aliphatic heterocycles. The number of nitrogens with zero attached hydrogens (tertiary/aromatic N) is 1. The van der Waals surface area contributed by atoms with Crippen LogP contribution in [0.5, 0.6) is 5.75 Å². The smallest absolute Gasteiger partial charge is 0.305 e. The molecule has 0 aromatic heterocycles. The number of carbonyl (C=O) groups is 1. The number of carbonyl (C=O) groups excluding carboxylic acids is 1. The highest BCUT2D eigenvalue weighted by Crippen LogP contribution is 2.10. The number of methoxy groups -OCH3 is 1. The van der Waals surface area contributed by atoms with Gasteiger partial charge in [-0.05, 0) is 61.8 Å². The van der Waals surface area contributed by atoms with Gasteiger partial charge in [0.25, 0.3) is 0 Å². The Kier molecular flexibility index (Phi) is 8.67. The van der Waals surface area contributed by atoms with E-state index in [4.69, 9.17) is 12.2 Å². The molecular weight excluding hydrogens is 314 g/mol. The number of hydrazone groups is 1. The summed E-state index contributed by atoms with van der Waals surface area (Å²) in [7, 11) is 1.40. The first-order valence-corrected chi connectivity index (χ1v) is 7.88. The highest BCUT2D eigenvalue weighted by Gasteiger charge is 2.00. The highest BCUT2D eigenvalue weighted by atomic mass is 32.1. The lowest BCUT2D eigenvalue weighted by molar-refractivity contribution is -0.140. The standard InChI is InChI=1S/C16H23N3O3S/c1-12(13-7-9-14(20)10-8-13)18-19-16(23)17-11-5-3-4-6-15(21)22-2/h7-10,20H,3-6,11H2,1-2H3,(H2,17,19,23)/b18-12+. The predicted octanol–water partition coefficient (Wildman–Crippen LogP) is 2.31. The molecule has 0 fully saturated rings. The van der Waals surface area contributed by atoms with E-state index in [0.717, 1.165) is 37.1 Å². The summed E-state index contributed by atoms with van der Waals surface area (Å²) in [5.74, 6) is 0.0492. The fourth-order valence-corrected chi connectivity index (χ4v) is 1.96. The second kappa shape index (κ2) is 10.6. The molecule has 1 aromatic rings. The molecular formula is C16H23N3O3S.